The van der Waals surface area contributed by atoms with Crippen LogP contribution >= 0.6 is 23.4 Å². The molecule has 3 N–H and O–H groups in total. The molecular weight excluding hydrogens is 532 g/mol. The van der Waals surface area contributed by atoms with Crippen molar-refractivity contribution in [2.45, 2.75) is 12.8 Å². The maximum Gasteiger partial charge on any atom is 0.254 e. The van der Waals surface area contributed by atoms with E-state index in [9.17, 15) is 14.9 Å². The Labute approximate surface area is 234 Å². The van der Waals surface area contributed by atoms with Crippen molar-refractivity contribution in [2.75, 3.05) is 16.4 Å². The number of carbonyl (C=O) groups excluding carboxylic acids is 2. The van der Waals surface area contributed by atoms with E-state index in [1.165, 1.54) is 18.0 Å². The predicted molar refractivity (Wildman–Crippen MR) is 155 cm³/mol. The Morgan fingerprint density at radius 1 is 1.03 bits per heavy atom. The lowest BCUT2D eigenvalue weighted by atomic mass is 9.85. The fraction of sp³-hybridized carbons (Fsp3) is 0.100. The molecule has 9 heteroatoms. The van der Waals surface area contributed by atoms with E-state index in [1.807, 2.05) is 42.5 Å². The molecule has 0 unspecified atom stereocenters. The van der Waals surface area contributed by atoms with Crippen LogP contribution in [0.1, 0.15) is 18.6 Å². The van der Waals surface area contributed by atoms with Gasteiger partial charge in [-0.1, -0.05) is 59.8 Å². The van der Waals surface area contributed by atoms with Gasteiger partial charge in [0.25, 0.3) is 5.91 Å². The van der Waals surface area contributed by atoms with Crippen LogP contribution in [0.3, 0.4) is 0 Å². The number of benzene rings is 3. The van der Waals surface area contributed by atoms with Crippen LogP contribution in [0.4, 0.5) is 11.4 Å². The highest BCUT2D eigenvalue weighted by atomic mass is 35.5. The van der Waals surface area contributed by atoms with E-state index in [2.05, 4.69) is 22.0 Å². The Kier molecular flexibility index (Phi) is 7.73. The number of nitrogens with one attached hydrogen (secondary N) is 3. The largest absolute Gasteiger partial charge is 0.468 e. The van der Waals surface area contributed by atoms with Crippen molar-refractivity contribution >= 4 is 57.3 Å². The van der Waals surface area contributed by atoms with E-state index < -0.39 is 5.92 Å². The van der Waals surface area contributed by atoms with Crippen molar-refractivity contribution in [3.8, 4) is 6.07 Å². The molecule has 0 saturated carbocycles. The smallest absolute Gasteiger partial charge is 0.254 e. The van der Waals surface area contributed by atoms with Crippen molar-refractivity contribution in [2.24, 2.45) is 0 Å². The van der Waals surface area contributed by atoms with Gasteiger partial charge in [0, 0.05) is 27.5 Å². The van der Waals surface area contributed by atoms with Gasteiger partial charge >= 0.3 is 0 Å². The Morgan fingerprint density at radius 3 is 2.54 bits per heavy atom. The normalized spacial score (nSPS) is 15.1. The number of carbonyl (C=O) groups is 2. The third-order valence-corrected chi connectivity index (χ3v) is 7.50. The molecule has 1 atom stereocenters. The highest BCUT2D eigenvalue weighted by Crippen LogP contribution is 2.41. The molecule has 3 aromatic carbocycles. The maximum absolute atomic E-state index is 13.4. The molecule has 2 amide bonds. The Balaban J connectivity index is 1.38. The summed E-state index contributed by atoms with van der Waals surface area (Å²) in [5.41, 5.74) is 2.48. The number of nitrogens with zero attached hydrogens (tertiary/aromatic N) is 1. The van der Waals surface area contributed by atoms with Gasteiger partial charge in [-0.2, -0.15) is 5.26 Å². The first kappa shape index (κ1) is 26.2. The second kappa shape index (κ2) is 11.5. The zero-order chi connectivity index (χ0) is 27.4. The summed E-state index contributed by atoms with van der Waals surface area (Å²) in [5.74, 6) is -0.838. The van der Waals surface area contributed by atoms with Crippen LogP contribution in [-0.2, 0) is 9.59 Å². The van der Waals surface area contributed by atoms with Crippen molar-refractivity contribution in [3.05, 3.63) is 118 Å². The van der Waals surface area contributed by atoms with Gasteiger partial charge in [0.15, 0.2) is 0 Å². The third-order valence-electron chi connectivity index (χ3n) is 6.23. The molecule has 1 aromatic heterocycles. The number of hydrogen-bond donors (Lipinski definition) is 3. The number of fused-ring (bicyclic) bond motifs is 1. The van der Waals surface area contributed by atoms with E-state index in [0.717, 1.165) is 16.5 Å². The SMILES string of the molecule is CC1=C(C(=O)Nc2ccc(Cl)cc2)[C@@H](c2ccco2)C(C#N)=C(SCC(=O)Nc2cccc3ccccc23)N1. The summed E-state index contributed by atoms with van der Waals surface area (Å²) >= 11 is 7.17. The summed E-state index contributed by atoms with van der Waals surface area (Å²) in [5, 5.41) is 22.2. The molecule has 1 aliphatic heterocycles. The molecule has 0 bridgehead atoms. The number of amides is 2. The van der Waals surface area contributed by atoms with Crippen LogP contribution < -0.4 is 16.0 Å². The third kappa shape index (κ3) is 5.70. The second-order valence-electron chi connectivity index (χ2n) is 8.79. The summed E-state index contributed by atoms with van der Waals surface area (Å²) < 4.78 is 5.66. The lowest BCUT2D eigenvalue weighted by Crippen LogP contribution is -2.31. The molecule has 0 aliphatic carbocycles. The van der Waals surface area contributed by atoms with Gasteiger partial charge in [0.05, 0.1) is 40.2 Å². The average Bonchev–Trinajstić information content (AvgIpc) is 3.48. The van der Waals surface area contributed by atoms with E-state index in [0.29, 0.717) is 38.3 Å². The van der Waals surface area contributed by atoms with E-state index >= 15 is 0 Å². The van der Waals surface area contributed by atoms with Crippen LogP contribution in [0.2, 0.25) is 5.02 Å². The Hall–Kier alpha value is -4.45. The molecule has 0 fully saturated rings. The lowest BCUT2D eigenvalue weighted by molar-refractivity contribution is -0.114. The van der Waals surface area contributed by atoms with Crippen molar-refractivity contribution in [3.63, 3.8) is 0 Å². The molecule has 7 nitrogen and oxygen atoms in total. The first-order valence-corrected chi connectivity index (χ1v) is 13.4. The highest BCUT2D eigenvalue weighted by molar-refractivity contribution is 8.03. The van der Waals surface area contributed by atoms with Crippen LogP contribution in [0.15, 0.2) is 111 Å². The fourth-order valence-corrected chi connectivity index (χ4v) is 5.48. The van der Waals surface area contributed by atoms with Crippen LogP contribution in [0.25, 0.3) is 10.8 Å². The van der Waals surface area contributed by atoms with Crippen molar-refractivity contribution < 1.29 is 14.0 Å². The average molecular weight is 555 g/mol. The monoisotopic (exact) mass is 554 g/mol. The zero-order valence-electron chi connectivity index (χ0n) is 20.8. The fourth-order valence-electron chi connectivity index (χ4n) is 4.46. The predicted octanol–water partition coefficient (Wildman–Crippen LogP) is 6.79. The number of hydrogen-bond acceptors (Lipinski definition) is 6. The van der Waals surface area contributed by atoms with Gasteiger partial charge in [-0.25, -0.2) is 0 Å². The van der Waals surface area contributed by atoms with E-state index in [-0.39, 0.29) is 17.6 Å². The van der Waals surface area contributed by atoms with Crippen LogP contribution in [-0.4, -0.2) is 17.6 Å². The van der Waals surface area contributed by atoms with Crippen LogP contribution in [0, 0.1) is 11.3 Å². The second-order valence-corrected chi connectivity index (χ2v) is 10.2. The van der Waals surface area contributed by atoms with Gasteiger partial charge in [-0.3, -0.25) is 9.59 Å². The molecule has 0 spiro atoms. The standard InChI is InChI=1S/C30H23ClN4O3S/c1-18-27(29(37)34-21-13-11-20(31)12-14-21)28(25-10-5-15-38-25)23(16-32)30(33-18)39-17-26(36)35-24-9-4-7-19-6-2-3-8-22(19)24/h2-15,28,33H,17H2,1H3,(H,34,37)(H,35,36)/t28-/m1/s1. The molecule has 1 aliphatic rings. The quantitative estimate of drug-likeness (QED) is 0.232. The first-order chi connectivity index (χ1) is 18.9. The molecular formula is C30H23ClN4O3S. The molecule has 39 heavy (non-hydrogen) atoms. The van der Waals surface area contributed by atoms with Gasteiger partial charge in [0.2, 0.25) is 5.91 Å². The molecule has 0 saturated heterocycles. The number of furan rings is 1. The number of dihydropyridines is 1. The maximum atomic E-state index is 13.4. The lowest BCUT2D eigenvalue weighted by Gasteiger charge is -2.28. The molecule has 2 heterocycles. The topological polar surface area (TPSA) is 107 Å². The summed E-state index contributed by atoms with van der Waals surface area (Å²) in [6.45, 7) is 1.76. The number of nitriles is 1. The first-order valence-electron chi connectivity index (χ1n) is 12.1. The minimum atomic E-state index is -0.748. The highest BCUT2D eigenvalue weighted by Gasteiger charge is 2.36. The number of thioether (sulfide) groups is 1. The minimum absolute atomic E-state index is 0.0567. The molecule has 5 rings (SSSR count). The van der Waals surface area contributed by atoms with Crippen molar-refractivity contribution in [1.82, 2.24) is 5.32 Å². The summed E-state index contributed by atoms with van der Waals surface area (Å²) in [6.07, 6.45) is 1.50. The number of allylic oxidation sites excluding steroid dienone is 2. The van der Waals surface area contributed by atoms with E-state index in [1.54, 1.807) is 43.3 Å². The van der Waals surface area contributed by atoms with Crippen molar-refractivity contribution in [1.29, 1.82) is 5.26 Å². The minimum Gasteiger partial charge on any atom is -0.468 e. The van der Waals surface area contributed by atoms with E-state index in [4.69, 9.17) is 16.0 Å². The summed E-state index contributed by atoms with van der Waals surface area (Å²) in [7, 11) is 0. The number of rotatable bonds is 7. The molecule has 0 radical (unpaired) electrons. The van der Waals surface area contributed by atoms with Gasteiger partial charge in [0.1, 0.15) is 5.76 Å². The number of halogens is 1. The van der Waals surface area contributed by atoms with Gasteiger partial charge in [-0.15, -0.1) is 0 Å². The number of anilines is 2. The zero-order valence-corrected chi connectivity index (χ0v) is 22.4. The summed E-state index contributed by atoms with van der Waals surface area (Å²) in [6, 6.07) is 26.0. The molecule has 194 valence electrons. The van der Waals surface area contributed by atoms with Gasteiger partial charge < -0.3 is 20.4 Å². The molecule has 4 aromatic rings. The van der Waals surface area contributed by atoms with Crippen LogP contribution in [0.5, 0.6) is 0 Å². The Morgan fingerprint density at radius 2 is 1.79 bits per heavy atom. The Bertz CT molecular complexity index is 1650. The van der Waals surface area contributed by atoms with Gasteiger partial charge in [-0.05, 0) is 54.8 Å². The summed E-state index contributed by atoms with van der Waals surface area (Å²) in [4.78, 5) is 26.3.